The minimum Gasteiger partial charge on any atom is -0.455 e. The summed E-state index contributed by atoms with van der Waals surface area (Å²) in [7, 11) is 0. The molecule has 92 valence electrons. The molecule has 0 unspecified atom stereocenters. The molecule has 1 aliphatic heterocycles. The zero-order chi connectivity index (χ0) is 12.4. The van der Waals surface area contributed by atoms with Crippen molar-refractivity contribution in [1.82, 2.24) is 0 Å². The first-order valence-electron chi connectivity index (χ1n) is 5.86. The maximum atomic E-state index is 11.0. The fraction of sp³-hybridized carbons (Fsp3) is 0.769. The van der Waals surface area contributed by atoms with Crippen LogP contribution in [-0.2, 0) is 14.3 Å². The second kappa shape index (κ2) is 4.58. The van der Waals surface area contributed by atoms with Crippen molar-refractivity contribution in [3.05, 3.63) is 12.7 Å². The standard InChI is InChI=1S/C13H22O3/c1-6-12(4,15-10(3)14)9-8-11-13(5,7-2)16-11/h6,11H,1,7-9H2,2-5H3/t11-,12+,13+/m1/s1. The lowest BCUT2D eigenvalue weighted by Gasteiger charge is -2.25. The third kappa shape index (κ3) is 3.08. The number of epoxide rings is 1. The molecule has 1 aliphatic rings. The summed E-state index contributed by atoms with van der Waals surface area (Å²) in [5.74, 6) is -0.266. The van der Waals surface area contributed by atoms with Gasteiger partial charge in [-0.1, -0.05) is 13.5 Å². The molecule has 0 bridgehead atoms. The van der Waals surface area contributed by atoms with Crippen LogP contribution < -0.4 is 0 Å². The smallest absolute Gasteiger partial charge is 0.303 e. The van der Waals surface area contributed by atoms with Crippen molar-refractivity contribution in [3.8, 4) is 0 Å². The zero-order valence-corrected chi connectivity index (χ0v) is 10.7. The molecular weight excluding hydrogens is 204 g/mol. The highest BCUT2D eigenvalue weighted by Crippen LogP contribution is 2.42. The first kappa shape index (κ1) is 13.2. The van der Waals surface area contributed by atoms with Crippen LogP contribution in [0, 0.1) is 0 Å². The van der Waals surface area contributed by atoms with Crippen LogP contribution >= 0.6 is 0 Å². The van der Waals surface area contributed by atoms with Crippen LogP contribution in [0.15, 0.2) is 12.7 Å². The fourth-order valence-corrected chi connectivity index (χ4v) is 1.91. The van der Waals surface area contributed by atoms with Crippen molar-refractivity contribution in [2.75, 3.05) is 0 Å². The van der Waals surface area contributed by atoms with E-state index in [1.807, 2.05) is 6.92 Å². The number of carbonyl (C=O) groups excluding carboxylic acids is 1. The maximum absolute atomic E-state index is 11.0. The van der Waals surface area contributed by atoms with Gasteiger partial charge in [-0.3, -0.25) is 4.79 Å². The summed E-state index contributed by atoms with van der Waals surface area (Å²) in [4.78, 5) is 11.0. The van der Waals surface area contributed by atoms with E-state index in [9.17, 15) is 4.79 Å². The van der Waals surface area contributed by atoms with Gasteiger partial charge in [-0.2, -0.15) is 0 Å². The second-order valence-electron chi connectivity index (χ2n) is 4.92. The van der Waals surface area contributed by atoms with Gasteiger partial charge in [0.15, 0.2) is 0 Å². The molecular formula is C13H22O3. The summed E-state index contributed by atoms with van der Waals surface area (Å²) < 4.78 is 10.9. The predicted octanol–water partition coefficient (Wildman–Crippen LogP) is 2.84. The molecule has 3 atom stereocenters. The molecule has 1 fully saturated rings. The highest BCUT2D eigenvalue weighted by molar-refractivity contribution is 5.66. The molecule has 0 spiro atoms. The number of rotatable bonds is 6. The van der Waals surface area contributed by atoms with Crippen molar-refractivity contribution in [1.29, 1.82) is 0 Å². The molecule has 3 heteroatoms. The molecule has 0 aromatic carbocycles. The number of esters is 1. The summed E-state index contributed by atoms with van der Waals surface area (Å²) in [6, 6.07) is 0. The second-order valence-corrected chi connectivity index (χ2v) is 4.92. The van der Waals surface area contributed by atoms with Gasteiger partial charge in [0, 0.05) is 6.92 Å². The number of carbonyl (C=O) groups is 1. The summed E-state index contributed by atoms with van der Waals surface area (Å²) >= 11 is 0. The third-order valence-electron chi connectivity index (χ3n) is 3.45. The van der Waals surface area contributed by atoms with Crippen LogP contribution in [0.4, 0.5) is 0 Å². The molecule has 0 aromatic rings. The molecule has 3 nitrogen and oxygen atoms in total. The fourth-order valence-electron chi connectivity index (χ4n) is 1.91. The first-order chi connectivity index (χ1) is 7.35. The van der Waals surface area contributed by atoms with E-state index < -0.39 is 5.60 Å². The lowest BCUT2D eigenvalue weighted by molar-refractivity contribution is -0.151. The SMILES string of the molecule is C=C[C@@](C)(CC[C@H]1O[C@@]1(C)CC)OC(C)=O. The van der Waals surface area contributed by atoms with E-state index in [4.69, 9.17) is 9.47 Å². The third-order valence-corrected chi connectivity index (χ3v) is 3.45. The summed E-state index contributed by atoms with van der Waals surface area (Å²) in [5.41, 5.74) is -0.523. The Morgan fingerprint density at radius 1 is 1.69 bits per heavy atom. The molecule has 1 rings (SSSR count). The molecule has 0 radical (unpaired) electrons. The van der Waals surface area contributed by atoms with E-state index in [0.717, 1.165) is 19.3 Å². The van der Waals surface area contributed by atoms with Gasteiger partial charge in [-0.25, -0.2) is 0 Å². The summed E-state index contributed by atoms with van der Waals surface area (Å²) in [6.45, 7) is 11.3. The molecule has 1 saturated heterocycles. The van der Waals surface area contributed by atoms with E-state index in [2.05, 4.69) is 20.4 Å². The zero-order valence-electron chi connectivity index (χ0n) is 10.7. The van der Waals surface area contributed by atoms with Gasteiger partial charge in [-0.05, 0) is 39.2 Å². The van der Waals surface area contributed by atoms with Crippen LogP contribution in [0.1, 0.15) is 47.0 Å². The first-order valence-corrected chi connectivity index (χ1v) is 5.86. The Bertz CT molecular complexity index is 287. The summed E-state index contributed by atoms with van der Waals surface area (Å²) in [5, 5.41) is 0. The monoisotopic (exact) mass is 226 g/mol. The lowest BCUT2D eigenvalue weighted by atomic mass is 9.94. The molecule has 0 aliphatic carbocycles. The van der Waals surface area contributed by atoms with E-state index in [1.165, 1.54) is 6.92 Å². The van der Waals surface area contributed by atoms with Gasteiger partial charge in [0.25, 0.3) is 0 Å². The Labute approximate surface area is 97.8 Å². The number of hydrogen-bond donors (Lipinski definition) is 0. The summed E-state index contributed by atoms with van der Waals surface area (Å²) in [6.07, 6.45) is 4.68. The predicted molar refractivity (Wildman–Crippen MR) is 63.2 cm³/mol. The van der Waals surface area contributed by atoms with Crippen LogP contribution in [0.5, 0.6) is 0 Å². The van der Waals surface area contributed by atoms with Crippen LogP contribution in [0.25, 0.3) is 0 Å². The van der Waals surface area contributed by atoms with Crippen LogP contribution in [0.2, 0.25) is 0 Å². The van der Waals surface area contributed by atoms with E-state index >= 15 is 0 Å². The van der Waals surface area contributed by atoms with Crippen molar-refractivity contribution in [2.45, 2.75) is 64.3 Å². The van der Waals surface area contributed by atoms with Gasteiger partial charge < -0.3 is 9.47 Å². The van der Waals surface area contributed by atoms with Crippen molar-refractivity contribution < 1.29 is 14.3 Å². The Hall–Kier alpha value is -0.830. The van der Waals surface area contributed by atoms with Gasteiger partial charge in [-0.15, -0.1) is 0 Å². The molecule has 0 aromatic heterocycles. The van der Waals surface area contributed by atoms with E-state index in [0.29, 0.717) is 6.10 Å². The van der Waals surface area contributed by atoms with Gasteiger partial charge in [0.2, 0.25) is 0 Å². The Balaban J connectivity index is 2.41. The van der Waals surface area contributed by atoms with Gasteiger partial charge >= 0.3 is 5.97 Å². The average molecular weight is 226 g/mol. The lowest BCUT2D eigenvalue weighted by Crippen LogP contribution is -2.29. The number of ether oxygens (including phenoxy) is 2. The topological polar surface area (TPSA) is 38.8 Å². The maximum Gasteiger partial charge on any atom is 0.303 e. The molecule has 0 amide bonds. The van der Waals surface area contributed by atoms with Crippen molar-refractivity contribution in [2.24, 2.45) is 0 Å². The molecule has 16 heavy (non-hydrogen) atoms. The Morgan fingerprint density at radius 2 is 2.31 bits per heavy atom. The van der Waals surface area contributed by atoms with Crippen molar-refractivity contribution >= 4 is 5.97 Å². The van der Waals surface area contributed by atoms with Gasteiger partial charge in [0.1, 0.15) is 5.60 Å². The van der Waals surface area contributed by atoms with Gasteiger partial charge in [0.05, 0.1) is 11.7 Å². The highest BCUT2D eigenvalue weighted by Gasteiger charge is 2.50. The van der Waals surface area contributed by atoms with E-state index in [1.54, 1.807) is 6.08 Å². The normalized spacial score (nSPS) is 31.6. The number of hydrogen-bond acceptors (Lipinski definition) is 3. The van der Waals surface area contributed by atoms with Crippen LogP contribution in [-0.4, -0.2) is 23.3 Å². The van der Waals surface area contributed by atoms with Crippen LogP contribution in [0.3, 0.4) is 0 Å². The minimum absolute atomic E-state index is 0.0400. The Morgan fingerprint density at radius 3 is 2.69 bits per heavy atom. The largest absolute Gasteiger partial charge is 0.455 e. The highest BCUT2D eigenvalue weighted by atomic mass is 16.6. The Kier molecular flexibility index (Phi) is 3.79. The molecule has 0 N–H and O–H groups in total. The minimum atomic E-state index is -0.563. The molecule has 1 heterocycles. The quantitative estimate of drug-likeness (QED) is 0.397. The van der Waals surface area contributed by atoms with Crippen molar-refractivity contribution in [3.63, 3.8) is 0 Å². The van der Waals surface area contributed by atoms with E-state index in [-0.39, 0.29) is 11.6 Å². The molecule has 0 saturated carbocycles. The average Bonchev–Trinajstić information content (AvgIpc) is 2.87.